The second-order valence-corrected chi connectivity index (χ2v) is 5.47. The minimum atomic E-state index is 0.561. The summed E-state index contributed by atoms with van der Waals surface area (Å²) in [6.07, 6.45) is 1.18. The maximum absolute atomic E-state index is 3.54. The van der Waals surface area contributed by atoms with Gasteiger partial charge in [-0.2, -0.15) is 0 Å². The van der Waals surface area contributed by atoms with E-state index in [0.29, 0.717) is 12.1 Å². The maximum Gasteiger partial charge on any atom is 0.0236 e. The molecule has 0 aliphatic carbocycles. The predicted molar refractivity (Wildman–Crippen MR) is 79.9 cm³/mol. The van der Waals surface area contributed by atoms with Gasteiger partial charge in [-0.3, -0.25) is 4.90 Å². The molecule has 0 aliphatic rings. The van der Waals surface area contributed by atoms with E-state index in [1.807, 2.05) is 0 Å². The molecule has 18 heavy (non-hydrogen) atoms. The zero-order valence-corrected chi connectivity index (χ0v) is 12.5. The topological polar surface area (TPSA) is 15.3 Å². The molecule has 0 bridgehead atoms. The quantitative estimate of drug-likeness (QED) is 0.797. The molecule has 1 aromatic rings. The van der Waals surface area contributed by atoms with E-state index in [1.165, 1.54) is 17.5 Å². The van der Waals surface area contributed by atoms with Crippen LogP contribution in [0, 0.1) is 6.92 Å². The molecule has 0 aliphatic heterocycles. The van der Waals surface area contributed by atoms with Crippen LogP contribution in [0.15, 0.2) is 24.3 Å². The van der Waals surface area contributed by atoms with Gasteiger partial charge in [0.15, 0.2) is 0 Å². The first kappa shape index (κ1) is 15.2. The van der Waals surface area contributed by atoms with Crippen LogP contribution in [0.2, 0.25) is 0 Å². The molecule has 0 heterocycles. The first-order valence-electron chi connectivity index (χ1n) is 7.02. The Hall–Kier alpha value is -0.860. The second-order valence-electron chi connectivity index (χ2n) is 5.47. The van der Waals surface area contributed by atoms with Crippen molar-refractivity contribution in [1.29, 1.82) is 0 Å². The molecule has 1 N–H and O–H groups in total. The summed E-state index contributed by atoms with van der Waals surface area (Å²) >= 11 is 0. The summed E-state index contributed by atoms with van der Waals surface area (Å²) in [4.78, 5) is 2.46. The first-order chi connectivity index (χ1) is 8.54. The van der Waals surface area contributed by atoms with Crippen LogP contribution in [0.3, 0.4) is 0 Å². The van der Waals surface area contributed by atoms with Crippen LogP contribution in [0.4, 0.5) is 0 Å². The van der Waals surface area contributed by atoms with Crippen molar-refractivity contribution in [3.63, 3.8) is 0 Å². The normalized spacial score (nSPS) is 13.3. The lowest BCUT2D eigenvalue weighted by Gasteiger charge is -2.28. The van der Waals surface area contributed by atoms with Gasteiger partial charge in [-0.15, -0.1) is 0 Å². The number of likely N-dealkylation sites (N-methyl/N-ethyl adjacent to an activating group) is 1. The third kappa shape index (κ3) is 4.79. The van der Waals surface area contributed by atoms with Crippen molar-refractivity contribution in [2.45, 2.75) is 52.7 Å². The number of hydrogen-bond donors (Lipinski definition) is 1. The van der Waals surface area contributed by atoms with E-state index in [2.05, 4.69) is 69.2 Å². The fourth-order valence-corrected chi connectivity index (χ4v) is 2.17. The van der Waals surface area contributed by atoms with Crippen LogP contribution >= 0.6 is 0 Å². The highest BCUT2D eigenvalue weighted by Gasteiger charge is 2.13. The van der Waals surface area contributed by atoms with Gasteiger partial charge < -0.3 is 5.32 Å². The summed E-state index contributed by atoms with van der Waals surface area (Å²) in [6, 6.07) is 9.82. The second kappa shape index (κ2) is 7.55. The molecule has 0 fully saturated rings. The molecule has 2 heteroatoms. The molecule has 2 nitrogen and oxygen atoms in total. The van der Waals surface area contributed by atoms with Crippen molar-refractivity contribution in [2.24, 2.45) is 0 Å². The van der Waals surface area contributed by atoms with E-state index < -0.39 is 0 Å². The molecule has 1 atom stereocenters. The van der Waals surface area contributed by atoms with Gasteiger partial charge in [-0.05, 0) is 31.5 Å². The Labute approximate surface area is 112 Å². The third-order valence-corrected chi connectivity index (χ3v) is 3.54. The van der Waals surface area contributed by atoms with Crippen molar-refractivity contribution < 1.29 is 0 Å². The van der Waals surface area contributed by atoms with Crippen LogP contribution in [0.5, 0.6) is 0 Å². The Morgan fingerprint density at radius 2 is 1.89 bits per heavy atom. The fourth-order valence-electron chi connectivity index (χ4n) is 2.17. The van der Waals surface area contributed by atoms with Crippen LogP contribution in [0.1, 0.15) is 38.3 Å². The molecule has 0 radical (unpaired) electrons. The van der Waals surface area contributed by atoms with Gasteiger partial charge >= 0.3 is 0 Å². The van der Waals surface area contributed by atoms with E-state index >= 15 is 0 Å². The van der Waals surface area contributed by atoms with Crippen LogP contribution in [0.25, 0.3) is 0 Å². The summed E-state index contributed by atoms with van der Waals surface area (Å²) in [7, 11) is 2.22. The lowest BCUT2D eigenvalue weighted by molar-refractivity contribution is 0.218. The molecule has 0 aromatic heterocycles. The molecular weight excluding hydrogens is 220 g/mol. The Balaban J connectivity index is 2.57. The number of benzene rings is 1. The molecule has 102 valence electrons. The van der Waals surface area contributed by atoms with Crippen molar-refractivity contribution in [3.8, 4) is 0 Å². The molecule has 1 unspecified atom stereocenters. The van der Waals surface area contributed by atoms with Gasteiger partial charge in [0.1, 0.15) is 0 Å². The number of nitrogens with one attached hydrogen (secondary N) is 1. The average Bonchev–Trinajstić information content (AvgIpc) is 2.32. The van der Waals surface area contributed by atoms with Crippen molar-refractivity contribution in [1.82, 2.24) is 10.2 Å². The van der Waals surface area contributed by atoms with E-state index in [1.54, 1.807) is 0 Å². The van der Waals surface area contributed by atoms with Gasteiger partial charge in [0.05, 0.1) is 0 Å². The summed E-state index contributed by atoms with van der Waals surface area (Å²) < 4.78 is 0. The van der Waals surface area contributed by atoms with Gasteiger partial charge in [0.2, 0.25) is 0 Å². The Morgan fingerprint density at radius 1 is 1.22 bits per heavy atom. The van der Waals surface area contributed by atoms with E-state index in [9.17, 15) is 0 Å². The van der Waals surface area contributed by atoms with E-state index in [4.69, 9.17) is 0 Å². The van der Waals surface area contributed by atoms with Crippen molar-refractivity contribution in [2.75, 3.05) is 13.6 Å². The van der Waals surface area contributed by atoms with Gasteiger partial charge in [-0.1, -0.05) is 45.0 Å². The summed E-state index contributed by atoms with van der Waals surface area (Å²) in [6.45, 7) is 11.0. The smallest absolute Gasteiger partial charge is 0.0236 e. The monoisotopic (exact) mass is 248 g/mol. The van der Waals surface area contributed by atoms with Crippen LogP contribution in [-0.2, 0) is 6.54 Å². The third-order valence-electron chi connectivity index (χ3n) is 3.54. The molecule has 0 saturated heterocycles. The fraction of sp³-hybridized carbons (Fsp3) is 0.625. The zero-order chi connectivity index (χ0) is 13.5. The molecule has 1 rings (SSSR count). The summed E-state index contributed by atoms with van der Waals surface area (Å²) in [5.41, 5.74) is 2.82. The average molecular weight is 248 g/mol. The standard InChI is InChI=1S/C16H28N2/c1-6-16(11-17-13(2)3)18(5)12-15-10-8-7-9-14(15)4/h7-10,13,16-17H,6,11-12H2,1-5H3. The van der Waals surface area contributed by atoms with Crippen LogP contribution < -0.4 is 5.32 Å². The predicted octanol–water partition coefficient (Wildman–Crippen LogP) is 3.20. The zero-order valence-electron chi connectivity index (χ0n) is 12.5. The maximum atomic E-state index is 3.54. The molecule has 1 aromatic carbocycles. The highest BCUT2D eigenvalue weighted by atomic mass is 15.1. The minimum Gasteiger partial charge on any atom is -0.313 e. The van der Waals surface area contributed by atoms with Crippen molar-refractivity contribution in [3.05, 3.63) is 35.4 Å². The molecule has 0 spiro atoms. The van der Waals surface area contributed by atoms with Gasteiger partial charge in [0.25, 0.3) is 0 Å². The summed E-state index contributed by atoms with van der Waals surface area (Å²) in [5, 5.41) is 3.54. The Kier molecular flexibility index (Phi) is 6.37. The molecule has 0 saturated carbocycles. The minimum absolute atomic E-state index is 0.561. The largest absolute Gasteiger partial charge is 0.313 e. The van der Waals surface area contributed by atoms with E-state index in [0.717, 1.165) is 13.1 Å². The lowest BCUT2D eigenvalue weighted by atomic mass is 10.1. The van der Waals surface area contributed by atoms with Gasteiger partial charge in [0, 0.05) is 25.2 Å². The number of rotatable bonds is 7. The number of hydrogen-bond acceptors (Lipinski definition) is 2. The van der Waals surface area contributed by atoms with Gasteiger partial charge in [-0.25, -0.2) is 0 Å². The van der Waals surface area contributed by atoms with Crippen molar-refractivity contribution >= 4 is 0 Å². The first-order valence-corrected chi connectivity index (χ1v) is 7.02. The number of aryl methyl sites for hydroxylation is 1. The SMILES string of the molecule is CCC(CNC(C)C)N(C)Cc1ccccc1C. The number of nitrogens with zero attached hydrogens (tertiary/aromatic N) is 1. The highest BCUT2D eigenvalue weighted by Crippen LogP contribution is 2.12. The van der Waals surface area contributed by atoms with Crippen LogP contribution in [-0.4, -0.2) is 30.6 Å². The Bertz CT molecular complexity index is 347. The lowest BCUT2D eigenvalue weighted by Crippen LogP contribution is -2.41. The molecule has 0 amide bonds. The highest BCUT2D eigenvalue weighted by molar-refractivity contribution is 5.25. The summed E-state index contributed by atoms with van der Waals surface area (Å²) in [5.74, 6) is 0. The molecular formula is C16H28N2. The Morgan fingerprint density at radius 3 is 2.44 bits per heavy atom. The van der Waals surface area contributed by atoms with E-state index in [-0.39, 0.29) is 0 Å².